The molecule has 3 nitrogen and oxygen atoms in total. The van der Waals surface area contributed by atoms with Crippen LogP contribution in [-0.4, -0.2) is 43.7 Å². The van der Waals surface area contributed by atoms with Crippen molar-refractivity contribution in [2.75, 3.05) is 32.7 Å². The summed E-state index contributed by atoms with van der Waals surface area (Å²) >= 11 is 5.43. The Bertz CT molecular complexity index is 417. The lowest BCUT2D eigenvalue weighted by atomic mass is 10.0. The Morgan fingerprint density at radius 2 is 2.15 bits per heavy atom. The molecule has 0 aromatic heterocycles. The fourth-order valence-electron chi connectivity index (χ4n) is 2.23. The maximum absolute atomic E-state index is 6.00. The Labute approximate surface area is 135 Å². The molecule has 0 amide bonds. The fraction of sp³-hybridized carbons (Fsp3) is 0.600. The highest BCUT2D eigenvalue weighted by Gasteiger charge is 2.20. The van der Waals surface area contributed by atoms with Gasteiger partial charge in [-0.2, -0.15) is 11.8 Å². The lowest BCUT2D eigenvalue weighted by Gasteiger charge is -2.33. The SMILES string of the molecule is COc1ccc(C(CN)N(C)C(C)CCSC)cc1Br. The topological polar surface area (TPSA) is 38.5 Å². The van der Waals surface area contributed by atoms with Crippen LogP contribution in [0, 0.1) is 0 Å². The van der Waals surface area contributed by atoms with Gasteiger partial charge < -0.3 is 10.5 Å². The van der Waals surface area contributed by atoms with Gasteiger partial charge in [0.1, 0.15) is 5.75 Å². The van der Waals surface area contributed by atoms with Crippen molar-refractivity contribution in [1.82, 2.24) is 4.90 Å². The summed E-state index contributed by atoms with van der Waals surface area (Å²) in [5.74, 6) is 2.03. The van der Waals surface area contributed by atoms with Gasteiger partial charge in [-0.1, -0.05) is 6.07 Å². The van der Waals surface area contributed by atoms with E-state index in [0.29, 0.717) is 12.6 Å². The summed E-state index contributed by atoms with van der Waals surface area (Å²) in [4.78, 5) is 2.37. The zero-order valence-corrected chi connectivity index (χ0v) is 15.1. The van der Waals surface area contributed by atoms with Gasteiger partial charge in [0.2, 0.25) is 0 Å². The Morgan fingerprint density at radius 1 is 1.45 bits per heavy atom. The summed E-state index contributed by atoms with van der Waals surface area (Å²) in [5.41, 5.74) is 7.22. The molecule has 1 aromatic rings. The molecule has 0 aliphatic rings. The lowest BCUT2D eigenvalue weighted by molar-refractivity contribution is 0.185. The van der Waals surface area contributed by atoms with E-state index in [2.05, 4.69) is 53.2 Å². The summed E-state index contributed by atoms with van der Waals surface area (Å²) in [6.45, 7) is 2.87. The average molecular weight is 361 g/mol. The van der Waals surface area contributed by atoms with Gasteiger partial charge in [0.15, 0.2) is 0 Å². The van der Waals surface area contributed by atoms with E-state index in [-0.39, 0.29) is 6.04 Å². The number of hydrogen-bond donors (Lipinski definition) is 1. The zero-order chi connectivity index (χ0) is 15.1. The number of nitrogens with zero attached hydrogens (tertiary/aromatic N) is 1. The van der Waals surface area contributed by atoms with Crippen LogP contribution in [0.2, 0.25) is 0 Å². The van der Waals surface area contributed by atoms with Gasteiger partial charge in [0.05, 0.1) is 11.6 Å². The minimum atomic E-state index is 0.231. The van der Waals surface area contributed by atoms with Gasteiger partial charge in [-0.25, -0.2) is 0 Å². The van der Waals surface area contributed by atoms with Gasteiger partial charge >= 0.3 is 0 Å². The molecule has 114 valence electrons. The van der Waals surface area contributed by atoms with Gasteiger partial charge in [-0.15, -0.1) is 0 Å². The van der Waals surface area contributed by atoms with E-state index in [1.165, 1.54) is 17.7 Å². The first-order valence-electron chi connectivity index (χ1n) is 6.79. The Kier molecular flexibility index (Phi) is 7.95. The van der Waals surface area contributed by atoms with Crippen LogP contribution < -0.4 is 10.5 Å². The summed E-state index contributed by atoms with van der Waals surface area (Å²) < 4.78 is 6.25. The van der Waals surface area contributed by atoms with Crippen LogP contribution in [0.5, 0.6) is 5.75 Å². The first kappa shape index (κ1) is 17.8. The number of rotatable bonds is 8. The van der Waals surface area contributed by atoms with Crippen molar-refractivity contribution in [2.24, 2.45) is 5.73 Å². The number of nitrogens with two attached hydrogens (primary N) is 1. The van der Waals surface area contributed by atoms with Crippen LogP contribution in [0.25, 0.3) is 0 Å². The monoisotopic (exact) mass is 360 g/mol. The van der Waals surface area contributed by atoms with E-state index in [0.717, 1.165) is 10.2 Å². The molecular weight excluding hydrogens is 336 g/mol. The van der Waals surface area contributed by atoms with Crippen LogP contribution in [0.15, 0.2) is 22.7 Å². The van der Waals surface area contributed by atoms with E-state index in [1.54, 1.807) is 7.11 Å². The Hall–Kier alpha value is -0.230. The molecule has 0 saturated heterocycles. The first-order chi connectivity index (χ1) is 9.54. The minimum absolute atomic E-state index is 0.231. The smallest absolute Gasteiger partial charge is 0.133 e. The summed E-state index contributed by atoms with van der Waals surface area (Å²) in [7, 11) is 3.83. The average Bonchev–Trinajstić information content (AvgIpc) is 2.45. The molecule has 2 N–H and O–H groups in total. The molecule has 1 aromatic carbocycles. The van der Waals surface area contributed by atoms with Crippen molar-refractivity contribution in [2.45, 2.75) is 25.4 Å². The quantitative estimate of drug-likeness (QED) is 0.769. The standard InChI is InChI=1S/C15H25BrN2OS/c1-11(7-8-20-4)18(2)14(10-17)12-5-6-15(19-3)13(16)9-12/h5-6,9,11,14H,7-8,10,17H2,1-4H3. The number of likely N-dealkylation sites (N-methyl/N-ethyl adjacent to an activating group) is 1. The van der Waals surface area contributed by atoms with E-state index in [4.69, 9.17) is 10.5 Å². The number of thioether (sulfide) groups is 1. The predicted molar refractivity (Wildman–Crippen MR) is 92.7 cm³/mol. The molecule has 0 aliphatic carbocycles. The molecule has 5 heteroatoms. The largest absolute Gasteiger partial charge is 0.496 e. The van der Waals surface area contributed by atoms with Crippen LogP contribution in [0.1, 0.15) is 24.9 Å². The summed E-state index contributed by atoms with van der Waals surface area (Å²) in [6.07, 6.45) is 3.32. The third-order valence-corrected chi connectivity index (χ3v) is 4.97. The Balaban J connectivity index is 2.86. The zero-order valence-electron chi connectivity index (χ0n) is 12.7. The van der Waals surface area contributed by atoms with Crippen LogP contribution in [0.4, 0.5) is 0 Å². The van der Waals surface area contributed by atoms with Crippen LogP contribution in [-0.2, 0) is 0 Å². The minimum Gasteiger partial charge on any atom is -0.496 e. The molecule has 2 atom stereocenters. The van der Waals surface area contributed by atoms with Gasteiger partial charge in [-0.05, 0) is 66.0 Å². The molecular formula is C15H25BrN2OS. The number of hydrogen-bond acceptors (Lipinski definition) is 4. The van der Waals surface area contributed by atoms with E-state index < -0.39 is 0 Å². The molecule has 0 saturated carbocycles. The second kappa shape index (κ2) is 8.93. The predicted octanol–water partition coefficient (Wildman–Crippen LogP) is 3.53. The molecule has 0 fully saturated rings. The highest BCUT2D eigenvalue weighted by atomic mass is 79.9. The summed E-state index contributed by atoms with van der Waals surface area (Å²) in [6, 6.07) is 6.93. The second-order valence-electron chi connectivity index (χ2n) is 4.94. The maximum atomic E-state index is 6.00. The van der Waals surface area contributed by atoms with Crippen molar-refractivity contribution < 1.29 is 4.74 Å². The molecule has 20 heavy (non-hydrogen) atoms. The van der Waals surface area contributed by atoms with Crippen molar-refractivity contribution in [3.63, 3.8) is 0 Å². The number of halogens is 1. The van der Waals surface area contributed by atoms with Crippen molar-refractivity contribution >= 4 is 27.7 Å². The lowest BCUT2D eigenvalue weighted by Crippen LogP contribution is -2.37. The molecule has 1 rings (SSSR count). The highest BCUT2D eigenvalue weighted by Crippen LogP contribution is 2.30. The number of ether oxygens (including phenoxy) is 1. The van der Waals surface area contributed by atoms with Crippen LogP contribution in [0.3, 0.4) is 0 Å². The van der Waals surface area contributed by atoms with Gasteiger partial charge in [0, 0.05) is 18.6 Å². The van der Waals surface area contributed by atoms with Crippen molar-refractivity contribution in [3.8, 4) is 5.75 Å². The van der Waals surface area contributed by atoms with Gasteiger partial charge in [-0.3, -0.25) is 4.90 Å². The normalized spacial score (nSPS) is 14.3. The van der Waals surface area contributed by atoms with E-state index >= 15 is 0 Å². The van der Waals surface area contributed by atoms with E-state index in [9.17, 15) is 0 Å². The molecule has 0 radical (unpaired) electrons. The molecule has 2 unspecified atom stereocenters. The third-order valence-electron chi connectivity index (χ3n) is 3.71. The second-order valence-corrected chi connectivity index (χ2v) is 6.78. The van der Waals surface area contributed by atoms with Crippen LogP contribution >= 0.6 is 27.7 Å². The maximum Gasteiger partial charge on any atom is 0.133 e. The number of methoxy groups -OCH3 is 1. The highest BCUT2D eigenvalue weighted by molar-refractivity contribution is 9.10. The van der Waals surface area contributed by atoms with Gasteiger partial charge in [0.25, 0.3) is 0 Å². The fourth-order valence-corrected chi connectivity index (χ4v) is 3.36. The van der Waals surface area contributed by atoms with Crippen molar-refractivity contribution in [3.05, 3.63) is 28.2 Å². The third kappa shape index (κ3) is 4.65. The molecule has 0 aliphatic heterocycles. The molecule has 0 spiro atoms. The van der Waals surface area contributed by atoms with E-state index in [1.807, 2.05) is 17.8 Å². The first-order valence-corrected chi connectivity index (χ1v) is 8.98. The number of benzene rings is 1. The molecule has 0 heterocycles. The molecule has 0 bridgehead atoms. The Morgan fingerprint density at radius 3 is 2.65 bits per heavy atom. The van der Waals surface area contributed by atoms with Crippen molar-refractivity contribution in [1.29, 1.82) is 0 Å². The summed E-state index contributed by atoms with van der Waals surface area (Å²) in [5, 5.41) is 0.